The highest BCUT2D eigenvalue weighted by molar-refractivity contribution is 6.30. The van der Waals surface area contributed by atoms with Gasteiger partial charge in [0.1, 0.15) is 11.5 Å². The molecule has 0 saturated carbocycles. The summed E-state index contributed by atoms with van der Waals surface area (Å²) in [5.74, 6) is 1.06. The Morgan fingerprint density at radius 3 is 2.25 bits per heavy atom. The molecule has 0 aliphatic carbocycles. The van der Waals surface area contributed by atoms with Gasteiger partial charge < -0.3 is 9.73 Å². The SMILES string of the molecule is Cc1cccc(C)c1NC(=O)c1cc(-c2ccc(Cl)cc2)oc1C. The van der Waals surface area contributed by atoms with Crippen molar-refractivity contribution < 1.29 is 9.21 Å². The Labute approximate surface area is 146 Å². The molecule has 3 nitrogen and oxygen atoms in total. The molecule has 0 aliphatic heterocycles. The number of anilines is 1. The molecule has 0 atom stereocenters. The van der Waals surface area contributed by atoms with Gasteiger partial charge in [-0.15, -0.1) is 0 Å². The maximum absolute atomic E-state index is 12.6. The van der Waals surface area contributed by atoms with Gasteiger partial charge in [0, 0.05) is 16.3 Å². The summed E-state index contributed by atoms with van der Waals surface area (Å²) >= 11 is 5.91. The van der Waals surface area contributed by atoms with E-state index in [1.807, 2.05) is 44.2 Å². The minimum Gasteiger partial charge on any atom is -0.461 e. The number of hydrogen-bond acceptors (Lipinski definition) is 2. The molecule has 0 unspecified atom stereocenters. The molecule has 24 heavy (non-hydrogen) atoms. The summed E-state index contributed by atoms with van der Waals surface area (Å²) in [4.78, 5) is 12.6. The number of carbonyl (C=O) groups is 1. The maximum Gasteiger partial charge on any atom is 0.259 e. The van der Waals surface area contributed by atoms with Crippen LogP contribution in [-0.2, 0) is 0 Å². The molecule has 1 heterocycles. The van der Waals surface area contributed by atoms with Gasteiger partial charge in [0.2, 0.25) is 0 Å². The highest BCUT2D eigenvalue weighted by Gasteiger charge is 2.17. The molecule has 0 fully saturated rings. The highest BCUT2D eigenvalue weighted by Crippen LogP contribution is 2.28. The zero-order valence-electron chi connectivity index (χ0n) is 13.8. The van der Waals surface area contributed by atoms with Gasteiger partial charge in [-0.1, -0.05) is 29.8 Å². The molecule has 0 radical (unpaired) electrons. The Morgan fingerprint density at radius 2 is 1.62 bits per heavy atom. The lowest BCUT2D eigenvalue weighted by atomic mass is 10.1. The second-order valence-corrected chi connectivity index (χ2v) is 6.24. The van der Waals surface area contributed by atoms with Crippen molar-refractivity contribution in [3.8, 4) is 11.3 Å². The normalized spacial score (nSPS) is 10.7. The third-order valence-electron chi connectivity index (χ3n) is 4.01. The van der Waals surface area contributed by atoms with Gasteiger partial charge in [0.25, 0.3) is 5.91 Å². The summed E-state index contributed by atoms with van der Waals surface area (Å²) in [7, 11) is 0. The van der Waals surface area contributed by atoms with E-state index in [1.165, 1.54) is 0 Å². The van der Waals surface area contributed by atoms with Crippen LogP contribution in [0.25, 0.3) is 11.3 Å². The second kappa shape index (κ2) is 6.54. The Morgan fingerprint density at radius 1 is 1.00 bits per heavy atom. The summed E-state index contributed by atoms with van der Waals surface area (Å²) in [6.07, 6.45) is 0. The lowest BCUT2D eigenvalue weighted by Crippen LogP contribution is -2.14. The molecule has 0 aliphatic rings. The molecule has 1 amide bonds. The van der Waals surface area contributed by atoms with Crippen molar-refractivity contribution in [1.82, 2.24) is 0 Å². The number of amides is 1. The van der Waals surface area contributed by atoms with Crippen molar-refractivity contribution in [1.29, 1.82) is 0 Å². The predicted molar refractivity (Wildman–Crippen MR) is 97.8 cm³/mol. The fourth-order valence-corrected chi connectivity index (χ4v) is 2.78. The zero-order chi connectivity index (χ0) is 17.3. The van der Waals surface area contributed by atoms with Gasteiger partial charge in [-0.2, -0.15) is 0 Å². The van der Waals surface area contributed by atoms with Crippen molar-refractivity contribution in [2.75, 3.05) is 5.32 Å². The van der Waals surface area contributed by atoms with Gasteiger partial charge in [-0.05, 0) is 62.2 Å². The summed E-state index contributed by atoms with van der Waals surface area (Å²) in [5.41, 5.74) is 4.32. The van der Waals surface area contributed by atoms with E-state index in [0.29, 0.717) is 22.1 Å². The third kappa shape index (κ3) is 3.22. The van der Waals surface area contributed by atoms with Crippen LogP contribution in [0.5, 0.6) is 0 Å². The number of benzene rings is 2. The van der Waals surface area contributed by atoms with Crippen LogP contribution in [0, 0.1) is 20.8 Å². The number of hydrogen-bond donors (Lipinski definition) is 1. The Bertz CT molecular complexity index is 874. The fourth-order valence-electron chi connectivity index (χ4n) is 2.66. The first-order valence-corrected chi connectivity index (χ1v) is 8.07. The topological polar surface area (TPSA) is 42.2 Å². The van der Waals surface area contributed by atoms with E-state index in [2.05, 4.69) is 5.32 Å². The number of halogens is 1. The molecule has 3 aromatic rings. The van der Waals surface area contributed by atoms with Crippen LogP contribution in [0.4, 0.5) is 5.69 Å². The summed E-state index contributed by atoms with van der Waals surface area (Å²) in [6.45, 7) is 5.74. The predicted octanol–water partition coefficient (Wildman–Crippen LogP) is 5.78. The van der Waals surface area contributed by atoms with Crippen LogP contribution in [-0.4, -0.2) is 5.91 Å². The van der Waals surface area contributed by atoms with E-state index in [-0.39, 0.29) is 5.91 Å². The number of carbonyl (C=O) groups excluding carboxylic acids is 1. The van der Waals surface area contributed by atoms with Crippen molar-refractivity contribution in [2.45, 2.75) is 20.8 Å². The minimum absolute atomic E-state index is 0.172. The lowest BCUT2D eigenvalue weighted by Gasteiger charge is -2.10. The molecule has 1 N–H and O–H groups in total. The van der Waals surface area contributed by atoms with Crippen molar-refractivity contribution in [3.63, 3.8) is 0 Å². The first-order chi connectivity index (χ1) is 11.5. The highest BCUT2D eigenvalue weighted by atomic mass is 35.5. The average Bonchev–Trinajstić information content (AvgIpc) is 2.93. The monoisotopic (exact) mass is 339 g/mol. The van der Waals surface area contributed by atoms with E-state index >= 15 is 0 Å². The molecular weight excluding hydrogens is 322 g/mol. The summed E-state index contributed by atoms with van der Waals surface area (Å²) in [5, 5.41) is 3.65. The summed E-state index contributed by atoms with van der Waals surface area (Å²) < 4.78 is 5.76. The molecule has 4 heteroatoms. The third-order valence-corrected chi connectivity index (χ3v) is 4.26. The second-order valence-electron chi connectivity index (χ2n) is 5.81. The quantitative estimate of drug-likeness (QED) is 0.657. The van der Waals surface area contributed by atoms with Gasteiger partial charge in [-0.3, -0.25) is 4.79 Å². The van der Waals surface area contributed by atoms with E-state index in [9.17, 15) is 4.79 Å². The van der Waals surface area contributed by atoms with Crippen LogP contribution >= 0.6 is 11.6 Å². The number of aryl methyl sites for hydroxylation is 3. The van der Waals surface area contributed by atoms with Crippen LogP contribution < -0.4 is 5.32 Å². The number of nitrogens with one attached hydrogen (secondary N) is 1. The molecule has 3 rings (SSSR count). The molecule has 0 bridgehead atoms. The molecule has 0 saturated heterocycles. The van der Waals surface area contributed by atoms with E-state index in [4.69, 9.17) is 16.0 Å². The minimum atomic E-state index is -0.172. The number of furan rings is 1. The van der Waals surface area contributed by atoms with Gasteiger partial charge in [0.15, 0.2) is 0 Å². The molecule has 2 aromatic carbocycles. The smallest absolute Gasteiger partial charge is 0.259 e. The summed E-state index contributed by atoms with van der Waals surface area (Å²) in [6, 6.07) is 15.0. The fraction of sp³-hybridized carbons (Fsp3) is 0.150. The maximum atomic E-state index is 12.6. The van der Waals surface area contributed by atoms with Gasteiger partial charge in [0.05, 0.1) is 5.56 Å². The first-order valence-electron chi connectivity index (χ1n) is 7.69. The van der Waals surface area contributed by atoms with Crippen LogP contribution in [0.2, 0.25) is 5.02 Å². The Kier molecular flexibility index (Phi) is 4.45. The molecule has 0 spiro atoms. The van der Waals surface area contributed by atoms with Crippen LogP contribution in [0.15, 0.2) is 52.9 Å². The van der Waals surface area contributed by atoms with E-state index in [0.717, 1.165) is 22.4 Å². The van der Waals surface area contributed by atoms with Gasteiger partial charge in [-0.25, -0.2) is 0 Å². The Balaban J connectivity index is 1.90. The number of para-hydroxylation sites is 1. The van der Waals surface area contributed by atoms with Gasteiger partial charge >= 0.3 is 0 Å². The van der Waals surface area contributed by atoms with E-state index < -0.39 is 0 Å². The molecule has 122 valence electrons. The van der Waals surface area contributed by atoms with Crippen molar-refractivity contribution in [3.05, 3.63) is 76.0 Å². The molecular formula is C20H18ClNO2. The number of rotatable bonds is 3. The first kappa shape index (κ1) is 16.3. The van der Waals surface area contributed by atoms with Crippen LogP contribution in [0.3, 0.4) is 0 Å². The lowest BCUT2D eigenvalue weighted by molar-refractivity contribution is 0.102. The van der Waals surface area contributed by atoms with Crippen LogP contribution in [0.1, 0.15) is 27.2 Å². The standard InChI is InChI=1S/C20H18ClNO2/c1-12-5-4-6-13(2)19(12)22-20(23)17-11-18(24-14(17)3)15-7-9-16(21)10-8-15/h4-11H,1-3H3,(H,22,23). The van der Waals surface area contributed by atoms with Crippen molar-refractivity contribution >= 4 is 23.2 Å². The van der Waals surface area contributed by atoms with Crippen molar-refractivity contribution in [2.24, 2.45) is 0 Å². The largest absolute Gasteiger partial charge is 0.461 e. The van der Waals surface area contributed by atoms with E-state index in [1.54, 1.807) is 25.1 Å². The molecule has 1 aromatic heterocycles. The average molecular weight is 340 g/mol. The Hall–Kier alpha value is -2.52. The zero-order valence-corrected chi connectivity index (χ0v) is 14.6.